The highest BCUT2D eigenvalue weighted by Crippen LogP contribution is 1.91. The summed E-state index contributed by atoms with van der Waals surface area (Å²) in [5, 5.41) is 0. The van der Waals surface area contributed by atoms with E-state index in [0.29, 0.717) is 5.56 Å². The molecule has 1 heterocycles. The van der Waals surface area contributed by atoms with Crippen LogP contribution >= 0.6 is 11.6 Å². The molecule has 11 heavy (non-hydrogen) atoms. The van der Waals surface area contributed by atoms with Gasteiger partial charge in [0.05, 0.1) is 5.88 Å². The van der Waals surface area contributed by atoms with Crippen LogP contribution in [0.15, 0.2) is 15.8 Å². The minimum absolute atomic E-state index is 0.115. The largest absolute Gasteiger partial charge is 0.328 e. The Hall–Kier alpha value is -1.03. The average Bonchev–Trinajstić information content (AvgIpc) is 1.97. The average molecular weight is 175 g/mol. The summed E-state index contributed by atoms with van der Waals surface area (Å²) >= 11 is 5.42. The van der Waals surface area contributed by atoms with E-state index >= 15 is 0 Å². The first-order valence-corrected chi connectivity index (χ1v) is 3.53. The number of nitrogens with zero attached hydrogens (tertiary/aromatic N) is 1. The van der Waals surface area contributed by atoms with E-state index in [1.165, 1.54) is 10.8 Å². The van der Waals surface area contributed by atoms with Crippen LogP contribution < -0.4 is 11.2 Å². The number of H-pyrrole nitrogens is 1. The molecule has 60 valence electrons. The maximum Gasteiger partial charge on any atom is 0.328 e. The molecular formula is C6H7ClN2O2. The monoisotopic (exact) mass is 174 g/mol. The van der Waals surface area contributed by atoms with E-state index in [9.17, 15) is 9.59 Å². The SMILES string of the molecule is Cn1cc(CCl)c(=O)[nH]c1=O. The van der Waals surface area contributed by atoms with E-state index in [2.05, 4.69) is 4.98 Å². The van der Waals surface area contributed by atoms with Crippen LogP contribution in [0, 0.1) is 0 Å². The predicted octanol–water partition coefficient (Wildman–Crippen LogP) is -0.188. The molecule has 0 fully saturated rings. The van der Waals surface area contributed by atoms with Gasteiger partial charge in [0.2, 0.25) is 0 Å². The molecule has 1 aromatic heterocycles. The van der Waals surface area contributed by atoms with Crippen LogP contribution in [-0.4, -0.2) is 9.55 Å². The zero-order valence-electron chi connectivity index (χ0n) is 5.93. The Morgan fingerprint density at radius 2 is 2.27 bits per heavy atom. The Labute approximate surface area is 67.4 Å². The molecule has 0 amide bonds. The van der Waals surface area contributed by atoms with Gasteiger partial charge < -0.3 is 4.57 Å². The Morgan fingerprint density at radius 3 is 2.82 bits per heavy atom. The van der Waals surface area contributed by atoms with Gasteiger partial charge in [0.15, 0.2) is 0 Å². The lowest BCUT2D eigenvalue weighted by Gasteiger charge is -1.96. The van der Waals surface area contributed by atoms with Crippen molar-refractivity contribution in [3.8, 4) is 0 Å². The molecule has 0 saturated heterocycles. The second-order valence-corrected chi connectivity index (χ2v) is 2.43. The molecule has 1 aromatic rings. The first-order chi connectivity index (χ1) is 5.15. The maximum absolute atomic E-state index is 10.9. The van der Waals surface area contributed by atoms with Crippen molar-refractivity contribution >= 4 is 11.6 Å². The van der Waals surface area contributed by atoms with Crippen LogP contribution in [-0.2, 0) is 12.9 Å². The molecule has 0 radical (unpaired) electrons. The van der Waals surface area contributed by atoms with E-state index in [1.54, 1.807) is 7.05 Å². The number of alkyl halides is 1. The number of halogens is 1. The minimum Gasteiger partial charge on any atom is -0.303 e. The lowest BCUT2D eigenvalue weighted by molar-refractivity contribution is 0.786. The Balaban J connectivity index is 3.45. The third kappa shape index (κ3) is 1.51. The topological polar surface area (TPSA) is 54.9 Å². The van der Waals surface area contributed by atoms with Gasteiger partial charge in [-0.05, 0) is 0 Å². The zero-order valence-corrected chi connectivity index (χ0v) is 6.68. The van der Waals surface area contributed by atoms with Crippen molar-refractivity contribution in [2.45, 2.75) is 5.88 Å². The standard InChI is InChI=1S/C6H7ClN2O2/c1-9-3-4(2-7)5(10)8-6(9)11/h3H,2H2,1H3,(H,8,10,11). The molecule has 0 aliphatic carbocycles. The first kappa shape index (κ1) is 8.07. The number of aryl methyl sites for hydroxylation is 1. The second kappa shape index (κ2) is 2.92. The highest BCUT2D eigenvalue weighted by molar-refractivity contribution is 6.16. The summed E-state index contributed by atoms with van der Waals surface area (Å²) in [6.45, 7) is 0. The number of aromatic amines is 1. The molecule has 4 nitrogen and oxygen atoms in total. The molecule has 0 aliphatic rings. The maximum atomic E-state index is 10.9. The summed E-state index contributed by atoms with van der Waals surface area (Å²) in [5.74, 6) is 0.115. The van der Waals surface area contributed by atoms with Gasteiger partial charge >= 0.3 is 5.69 Å². The summed E-state index contributed by atoms with van der Waals surface area (Å²) in [5.41, 5.74) is -0.444. The number of hydrogen-bond acceptors (Lipinski definition) is 2. The van der Waals surface area contributed by atoms with Crippen molar-refractivity contribution in [2.75, 3.05) is 0 Å². The summed E-state index contributed by atoms with van der Waals surface area (Å²) in [6.07, 6.45) is 1.42. The first-order valence-electron chi connectivity index (χ1n) is 3.00. The molecule has 0 atom stereocenters. The van der Waals surface area contributed by atoms with Crippen LogP contribution in [0.5, 0.6) is 0 Å². The van der Waals surface area contributed by atoms with E-state index in [4.69, 9.17) is 11.6 Å². The molecule has 0 unspecified atom stereocenters. The second-order valence-electron chi connectivity index (χ2n) is 2.16. The van der Waals surface area contributed by atoms with Gasteiger partial charge in [0.1, 0.15) is 0 Å². The lowest BCUT2D eigenvalue weighted by atomic mass is 10.4. The van der Waals surface area contributed by atoms with Crippen molar-refractivity contribution in [1.82, 2.24) is 9.55 Å². The van der Waals surface area contributed by atoms with E-state index in [0.717, 1.165) is 0 Å². The van der Waals surface area contributed by atoms with Crippen LogP contribution in [0.2, 0.25) is 0 Å². The van der Waals surface area contributed by atoms with Gasteiger partial charge in [0, 0.05) is 18.8 Å². The quantitative estimate of drug-likeness (QED) is 0.601. The molecule has 0 aliphatic heterocycles. The highest BCUT2D eigenvalue weighted by Gasteiger charge is 1.98. The summed E-state index contributed by atoms with van der Waals surface area (Å²) < 4.78 is 1.28. The van der Waals surface area contributed by atoms with Crippen molar-refractivity contribution in [3.63, 3.8) is 0 Å². The fourth-order valence-corrected chi connectivity index (χ4v) is 0.902. The summed E-state index contributed by atoms with van der Waals surface area (Å²) in [4.78, 5) is 23.8. The summed E-state index contributed by atoms with van der Waals surface area (Å²) in [7, 11) is 1.55. The molecule has 1 rings (SSSR count). The van der Waals surface area contributed by atoms with Gasteiger partial charge in [-0.15, -0.1) is 11.6 Å². The van der Waals surface area contributed by atoms with Crippen molar-refractivity contribution in [3.05, 3.63) is 32.6 Å². The minimum atomic E-state index is -0.427. The smallest absolute Gasteiger partial charge is 0.303 e. The Kier molecular flexibility index (Phi) is 2.14. The van der Waals surface area contributed by atoms with Crippen LogP contribution in [0.1, 0.15) is 5.56 Å². The fraction of sp³-hybridized carbons (Fsp3) is 0.333. The van der Waals surface area contributed by atoms with Gasteiger partial charge in [-0.2, -0.15) is 0 Å². The van der Waals surface area contributed by atoms with Gasteiger partial charge in [-0.25, -0.2) is 4.79 Å². The molecule has 5 heteroatoms. The van der Waals surface area contributed by atoms with Gasteiger partial charge in [0.25, 0.3) is 5.56 Å². The number of hydrogen-bond donors (Lipinski definition) is 1. The number of nitrogens with one attached hydrogen (secondary N) is 1. The molecule has 0 spiro atoms. The van der Waals surface area contributed by atoms with Crippen molar-refractivity contribution < 1.29 is 0 Å². The zero-order chi connectivity index (χ0) is 8.43. The van der Waals surface area contributed by atoms with E-state index in [1.807, 2.05) is 0 Å². The van der Waals surface area contributed by atoms with Gasteiger partial charge in [-0.3, -0.25) is 9.78 Å². The van der Waals surface area contributed by atoms with Crippen LogP contribution in [0.3, 0.4) is 0 Å². The molecule has 0 saturated carbocycles. The van der Waals surface area contributed by atoms with Crippen molar-refractivity contribution in [2.24, 2.45) is 7.05 Å². The van der Waals surface area contributed by atoms with Crippen molar-refractivity contribution in [1.29, 1.82) is 0 Å². The Morgan fingerprint density at radius 1 is 1.64 bits per heavy atom. The third-order valence-electron chi connectivity index (χ3n) is 1.33. The molecule has 0 aromatic carbocycles. The normalized spacial score (nSPS) is 10.0. The highest BCUT2D eigenvalue weighted by atomic mass is 35.5. The van der Waals surface area contributed by atoms with E-state index < -0.39 is 11.2 Å². The number of aromatic nitrogens is 2. The Bertz CT molecular complexity index is 366. The summed E-state index contributed by atoms with van der Waals surface area (Å²) in [6, 6.07) is 0. The fourth-order valence-electron chi connectivity index (χ4n) is 0.712. The number of rotatable bonds is 1. The van der Waals surface area contributed by atoms with E-state index in [-0.39, 0.29) is 5.88 Å². The predicted molar refractivity (Wildman–Crippen MR) is 41.9 cm³/mol. The molecule has 0 bridgehead atoms. The molecular weight excluding hydrogens is 168 g/mol. The lowest BCUT2D eigenvalue weighted by Crippen LogP contribution is -2.29. The molecule has 1 N–H and O–H groups in total. The van der Waals surface area contributed by atoms with Crippen LogP contribution in [0.4, 0.5) is 0 Å². The third-order valence-corrected chi connectivity index (χ3v) is 1.61. The van der Waals surface area contributed by atoms with Gasteiger partial charge in [-0.1, -0.05) is 0 Å². The van der Waals surface area contributed by atoms with Crippen LogP contribution in [0.25, 0.3) is 0 Å².